The Kier molecular flexibility index (Phi) is 5.45. The van der Waals surface area contributed by atoms with Crippen molar-refractivity contribution in [2.45, 2.75) is 19.7 Å². The summed E-state index contributed by atoms with van der Waals surface area (Å²) in [6, 6.07) is 10.4. The molecule has 112 valence electrons. The molecular formula is C15H16F2N2O2. The third-order valence-corrected chi connectivity index (χ3v) is 2.86. The Morgan fingerprint density at radius 2 is 1.81 bits per heavy atom. The smallest absolute Gasteiger partial charge is 0.387 e. The second kappa shape index (κ2) is 7.54. The number of hydrogen-bond acceptors (Lipinski definition) is 4. The van der Waals surface area contributed by atoms with Crippen LogP contribution in [-0.2, 0) is 13.1 Å². The standard InChI is InChI=1S/C15H16F2N2O2/c1-20-14-12(6-4-8-19-14)10-18-9-11-5-2-3-7-13(11)21-15(16)17/h2-8,15,18H,9-10H2,1H3. The normalized spacial score (nSPS) is 10.7. The lowest BCUT2D eigenvalue weighted by Crippen LogP contribution is -2.15. The van der Waals surface area contributed by atoms with Gasteiger partial charge in [0, 0.05) is 30.4 Å². The van der Waals surface area contributed by atoms with Crippen molar-refractivity contribution in [1.82, 2.24) is 10.3 Å². The Balaban J connectivity index is 1.97. The maximum atomic E-state index is 12.3. The van der Waals surface area contributed by atoms with Gasteiger partial charge in [-0.25, -0.2) is 4.98 Å². The minimum atomic E-state index is -2.83. The van der Waals surface area contributed by atoms with Gasteiger partial charge in [-0.2, -0.15) is 8.78 Å². The van der Waals surface area contributed by atoms with E-state index >= 15 is 0 Å². The maximum absolute atomic E-state index is 12.3. The topological polar surface area (TPSA) is 43.4 Å². The van der Waals surface area contributed by atoms with Gasteiger partial charge >= 0.3 is 6.61 Å². The average Bonchev–Trinajstić information content (AvgIpc) is 2.49. The molecule has 6 heteroatoms. The number of nitrogens with zero attached hydrogens (tertiary/aromatic N) is 1. The Hall–Kier alpha value is -2.21. The molecule has 0 aliphatic carbocycles. The number of alkyl halides is 2. The Morgan fingerprint density at radius 3 is 2.57 bits per heavy atom. The number of hydrogen-bond donors (Lipinski definition) is 1. The molecule has 0 unspecified atom stereocenters. The molecule has 0 aliphatic heterocycles. The molecule has 2 aromatic rings. The van der Waals surface area contributed by atoms with Gasteiger partial charge in [0.25, 0.3) is 0 Å². The molecule has 1 aromatic carbocycles. The zero-order valence-corrected chi connectivity index (χ0v) is 11.6. The van der Waals surface area contributed by atoms with Gasteiger partial charge in [-0.15, -0.1) is 0 Å². The van der Waals surface area contributed by atoms with E-state index in [4.69, 9.17) is 4.74 Å². The van der Waals surface area contributed by atoms with Crippen LogP contribution in [0, 0.1) is 0 Å². The lowest BCUT2D eigenvalue weighted by Gasteiger charge is -2.12. The van der Waals surface area contributed by atoms with Crippen LogP contribution in [0.25, 0.3) is 0 Å². The van der Waals surface area contributed by atoms with E-state index in [2.05, 4.69) is 15.0 Å². The molecule has 2 rings (SSSR count). The summed E-state index contributed by atoms with van der Waals surface area (Å²) in [6.45, 7) is -1.91. The molecule has 1 heterocycles. The van der Waals surface area contributed by atoms with Crippen molar-refractivity contribution in [1.29, 1.82) is 0 Å². The third-order valence-electron chi connectivity index (χ3n) is 2.86. The molecular weight excluding hydrogens is 278 g/mol. The van der Waals surface area contributed by atoms with Crippen molar-refractivity contribution >= 4 is 0 Å². The lowest BCUT2D eigenvalue weighted by atomic mass is 10.2. The van der Waals surface area contributed by atoms with Crippen LogP contribution in [0.15, 0.2) is 42.6 Å². The fourth-order valence-corrected chi connectivity index (χ4v) is 1.94. The second-order valence-corrected chi connectivity index (χ2v) is 4.26. The number of rotatable bonds is 7. The van der Waals surface area contributed by atoms with Crippen molar-refractivity contribution in [3.8, 4) is 11.6 Å². The highest BCUT2D eigenvalue weighted by atomic mass is 19.3. The van der Waals surface area contributed by atoms with Crippen molar-refractivity contribution in [3.63, 3.8) is 0 Å². The Bertz CT molecular complexity index is 579. The van der Waals surface area contributed by atoms with Gasteiger partial charge in [0.1, 0.15) is 5.75 Å². The van der Waals surface area contributed by atoms with E-state index in [9.17, 15) is 8.78 Å². The molecule has 0 saturated carbocycles. The summed E-state index contributed by atoms with van der Waals surface area (Å²) >= 11 is 0. The van der Waals surface area contributed by atoms with Gasteiger partial charge in [0.2, 0.25) is 5.88 Å². The third kappa shape index (κ3) is 4.39. The highest BCUT2D eigenvalue weighted by Gasteiger charge is 2.09. The van der Waals surface area contributed by atoms with Crippen LogP contribution in [0.2, 0.25) is 0 Å². The first-order valence-electron chi connectivity index (χ1n) is 6.42. The number of para-hydroxylation sites is 1. The first-order chi connectivity index (χ1) is 10.2. The number of aromatic nitrogens is 1. The maximum Gasteiger partial charge on any atom is 0.387 e. The van der Waals surface area contributed by atoms with Crippen LogP contribution in [0.5, 0.6) is 11.6 Å². The van der Waals surface area contributed by atoms with E-state index in [1.54, 1.807) is 31.5 Å². The van der Waals surface area contributed by atoms with Gasteiger partial charge in [-0.05, 0) is 12.1 Å². The molecule has 0 amide bonds. The summed E-state index contributed by atoms with van der Waals surface area (Å²) < 4.78 is 34.3. The summed E-state index contributed by atoms with van der Waals surface area (Å²) in [6.07, 6.45) is 1.65. The summed E-state index contributed by atoms with van der Waals surface area (Å²) in [7, 11) is 1.55. The molecule has 0 saturated heterocycles. The van der Waals surface area contributed by atoms with E-state index in [0.29, 0.717) is 24.5 Å². The average molecular weight is 294 g/mol. The van der Waals surface area contributed by atoms with Gasteiger partial charge in [0.05, 0.1) is 7.11 Å². The minimum absolute atomic E-state index is 0.179. The zero-order chi connectivity index (χ0) is 15.1. The van der Waals surface area contributed by atoms with Crippen LogP contribution in [0.3, 0.4) is 0 Å². The monoisotopic (exact) mass is 294 g/mol. The predicted octanol–water partition coefficient (Wildman–Crippen LogP) is 2.98. The largest absolute Gasteiger partial charge is 0.481 e. The molecule has 21 heavy (non-hydrogen) atoms. The van der Waals surface area contributed by atoms with E-state index < -0.39 is 6.61 Å². The van der Waals surface area contributed by atoms with Gasteiger partial charge in [-0.1, -0.05) is 24.3 Å². The first-order valence-corrected chi connectivity index (χ1v) is 6.42. The van der Waals surface area contributed by atoms with E-state index in [-0.39, 0.29) is 5.75 Å². The van der Waals surface area contributed by atoms with Crippen molar-refractivity contribution in [2.24, 2.45) is 0 Å². The number of methoxy groups -OCH3 is 1. The molecule has 0 aliphatic rings. The van der Waals surface area contributed by atoms with Crippen LogP contribution in [0.1, 0.15) is 11.1 Å². The number of nitrogens with one attached hydrogen (secondary N) is 1. The second-order valence-electron chi connectivity index (χ2n) is 4.26. The first kappa shape index (κ1) is 15.2. The molecule has 0 spiro atoms. The lowest BCUT2D eigenvalue weighted by molar-refractivity contribution is -0.0505. The fraction of sp³-hybridized carbons (Fsp3) is 0.267. The molecule has 0 bridgehead atoms. The molecule has 0 fully saturated rings. The Morgan fingerprint density at radius 1 is 1.10 bits per heavy atom. The molecule has 0 atom stereocenters. The van der Waals surface area contributed by atoms with E-state index in [0.717, 1.165) is 5.56 Å². The summed E-state index contributed by atoms with van der Waals surface area (Å²) in [5.74, 6) is 0.722. The summed E-state index contributed by atoms with van der Waals surface area (Å²) in [5.41, 5.74) is 1.56. The van der Waals surface area contributed by atoms with Gasteiger partial charge in [0.15, 0.2) is 0 Å². The number of halogens is 2. The van der Waals surface area contributed by atoms with Crippen molar-refractivity contribution in [3.05, 3.63) is 53.7 Å². The predicted molar refractivity (Wildman–Crippen MR) is 74.4 cm³/mol. The quantitative estimate of drug-likeness (QED) is 0.852. The van der Waals surface area contributed by atoms with Gasteiger partial charge < -0.3 is 14.8 Å². The number of ether oxygens (including phenoxy) is 2. The van der Waals surface area contributed by atoms with Crippen molar-refractivity contribution < 1.29 is 18.3 Å². The minimum Gasteiger partial charge on any atom is -0.481 e. The number of pyridine rings is 1. The molecule has 1 aromatic heterocycles. The SMILES string of the molecule is COc1ncccc1CNCc1ccccc1OC(F)F. The molecule has 1 N–H and O–H groups in total. The van der Waals surface area contributed by atoms with E-state index in [1.807, 2.05) is 12.1 Å². The summed E-state index contributed by atoms with van der Waals surface area (Å²) in [5, 5.41) is 3.16. The molecule has 4 nitrogen and oxygen atoms in total. The highest BCUT2D eigenvalue weighted by Crippen LogP contribution is 2.20. The van der Waals surface area contributed by atoms with Crippen LogP contribution in [0.4, 0.5) is 8.78 Å². The van der Waals surface area contributed by atoms with Crippen LogP contribution >= 0.6 is 0 Å². The van der Waals surface area contributed by atoms with Crippen LogP contribution in [-0.4, -0.2) is 18.7 Å². The zero-order valence-electron chi connectivity index (χ0n) is 11.6. The van der Waals surface area contributed by atoms with Gasteiger partial charge in [-0.3, -0.25) is 0 Å². The summed E-state index contributed by atoms with van der Waals surface area (Å²) in [4.78, 5) is 4.09. The Labute approximate surface area is 121 Å². The van der Waals surface area contributed by atoms with Crippen LogP contribution < -0.4 is 14.8 Å². The molecule has 0 radical (unpaired) electrons. The fourth-order valence-electron chi connectivity index (χ4n) is 1.94. The van der Waals surface area contributed by atoms with E-state index in [1.165, 1.54) is 6.07 Å². The highest BCUT2D eigenvalue weighted by molar-refractivity contribution is 5.33. The van der Waals surface area contributed by atoms with Crippen molar-refractivity contribution in [2.75, 3.05) is 7.11 Å². The number of benzene rings is 1.